The summed E-state index contributed by atoms with van der Waals surface area (Å²) in [6.45, 7) is 4.16. The first-order chi connectivity index (χ1) is 7.18. The summed E-state index contributed by atoms with van der Waals surface area (Å²) in [5.74, 6) is 0.326. The molecular weight excluding hydrogens is 258 g/mol. The fourth-order valence-electron chi connectivity index (χ4n) is 1.67. The van der Waals surface area contributed by atoms with Crippen molar-refractivity contribution in [2.24, 2.45) is 0 Å². The average molecular weight is 272 g/mol. The first kappa shape index (κ1) is 10.9. The van der Waals surface area contributed by atoms with Gasteiger partial charge in [0.25, 0.3) is 0 Å². The molecule has 1 atom stereocenters. The Morgan fingerprint density at radius 3 is 2.93 bits per heavy atom. The molecule has 4 heteroatoms. The Balaban J connectivity index is 2.27. The van der Waals surface area contributed by atoms with Crippen molar-refractivity contribution in [3.8, 4) is 5.75 Å². The summed E-state index contributed by atoms with van der Waals surface area (Å²) >= 11 is 3.43. The van der Waals surface area contributed by atoms with E-state index in [0.717, 1.165) is 28.8 Å². The van der Waals surface area contributed by atoms with Gasteiger partial charge < -0.3 is 15.2 Å². The van der Waals surface area contributed by atoms with E-state index in [0.29, 0.717) is 12.4 Å². The van der Waals surface area contributed by atoms with Crippen LogP contribution in [0.4, 0.5) is 0 Å². The van der Waals surface area contributed by atoms with E-state index in [4.69, 9.17) is 4.74 Å². The van der Waals surface area contributed by atoms with Gasteiger partial charge in [-0.3, -0.25) is 0 Å². The van der Waals surface area contributed by atoms with E-state index < -0.39 is 0 Å². The minimum atomic E-state index is 0.182. The Morgan fingerprint density at radius 2 is 2.33 bits per heavy atom. The third kappa shape index (κ3) is 2.33. The minimum absolute atomic E-state index is 0.182. The predicted octanol–water partition coefficient (Wildman–Crippen LogP) is 2.12. The highest BCUT2D eigenvalue weighted by Gasteiger charge is 2.17. The molecule has 1 aromatic rings. The summed E-state index contributed by atoms with van der Waals surface area (Å²) in [6.07, 6.45) is 0. The number of hydrogen-bond acceptors (Lipinski definition) is 3. The minimum Gasteiger partial charge on any atom is -0.508 e. The van der Waals surface area contributed by atoms with Gasteiger partial charge in [0.1, 0.15) is 5.75 Å². The van der Waals surface area contributed by atoms with Crippen LogP contribution >= 0.6 is 15.9 Å². The Bertz CT molecular complexity index is 339. The topological polar surface area (TPSA) is 41.5 Å². The van der Waals surface area contributed by atoms with E-state index in [-0.39, 0.29) is 6.04 Å². The molecule has 15 heavy (non-hydrogen) atoms. The van der Waals surface area contributed by atoms with Gasteiger partial charge in [-0.05, 0) is 24.6 Å². The van der Waals surface area contributed by atoms with Crippen molar-refractivity contribution in [1.29, 1.82) is 0 Å². The molecular formula is C11H14BrNO2. The summed E-state index contributed by atoms with van der Waals surface area (Å²) in [5, 5.41) is 13.1. The zero-order valence-electron chi connectivity index (χ0n) is 8.59. The van der Waals surface area contributed by atoms with Gasteiger partial charge in [0, 0.05) is 16.6 Å². The number of hydrogen-bond donors (Lipinski definition) is 2. The summed E-state index contributed by atoms with van der Waals surface area (Å²) < 4.78 is 6.32. The molecule has 3 nitrogen and oxygen atoms in total. The Morgan fingerprint density at radius 1 is 1.53 bits per heavy atom. The van der Waals surface area contributed by atoms with E-state index in [9.17, 15) is 5.11 Å². The lowest BCUT2D eigenvalue weighted by atomic mass is 10.0. The fourth-order valence-corrected chi connectivity index (χ4v) is 2.13. The number of rotatable bonds is 1. The number of ether oxygens (including phenoxy) is 1. The predicted molar refractivity (Wildman–Crippen MR) is 62.1 cm³/mol. The van der Waals surface area contributed by atoms with Gasteiger partial charge in [-0.15, -0.1) is 0 Å². The van der Waals surface area contributed by atoms with Crippen molar-refractivity contribution < 1.29 is 9.84 Å². The zero-order chi connectivity index (χ0) is 10.8. The molecule has 0 aliphatic carbocycles. The Hall–Kier alpha value is -0.580. The van der Waals surface area contributed by atoms with Crippen LogP contribution in [0.25, 0.3) is 0 Å². The summed E-state index contributed by atoms with van der Waals surface area (Å²) in [5.41, 5.74) is 1.93. The van der Waals surface area contributed by atoms with Gasteiger partial charge in [-0.25, -0.2) is 0 Å². The van der Waals surface area contributed by atoms with E-state index in [1.165, 1.54) is 0 Å². The fraction of sp³-hybridized carbons (Fsp3) is 0.455. The molecule has 1 fully saturated rings. The molecule has 1 aliphatic heterocycles. The second kappa shape index (κ2) is 4.51. The molecule has 0 aromatic heterocycles. The molecule has 1 aromatic carbocycles. The van der Waals surface area contributed by atoms with E-state index in [1.807, 2.05) is 13.0 Å². The van der Waals surface area contributed by atoms with Crippen LogP contribution in [0, 0.1) is 6.92 Å². The van der Waals surface area contributed by atoms with E-state index in [2.05, 4.69) is 21.2 Å². The maximum absolute atomic E-state index is 9.71. The largest absolute Gasteiger partial charge is 0.508 e. The monoisotopic (exact) mass is 271 g/mol. The number of phenolic OH excluding ortho intramolecular Hbond substituents is 1. The van der Waals surface area contributed by atoms with Gasteiger partial charge in [0.2, 0.25) is 0 Å². The van der Waals surface area contributed by atoms with Crippen LogP contribution in [0.2, 0.25) is 0 Å². The zero-order valence-corrected chi connectivity index (χ0v) is 10.2. The molecule has 0 radical (unpaired) electrons. The van der Waals surface area contributed by atoms with Gasteiger partial charge in [-0.2, -0.15) is 0 Å². The van der Waals surface area contributed by atoms with Crippen molar-refractivity contribution >= 4 is 15.9 Å². The molecule has 1 saturated heterocycles. The van der Waals surface area contributed by atoms with Crippen molar-refractivity contribution in [1.82, 2.24) is 5.32 Å². The average Bonchev–Trinajstić information content (AvgIpc) is 2.26. The normalized spacial score (nSPS) is 21.6. The highest BCUT2D eigenvalue weighted by atomic mass is 79.9. The molecule has 2 rings (SSSR count). The molecule has 2 N–H and O–H groups in total. The van der Waals surface area contributed by atoms with Crippen LogP contribution in [-0.2, 0) is 4.74 Å². The maximum atomic E-state index is 9.71. The molecule has 1 unspecified atom stereocenters. The van der Waals surface area contributed by atoms with Crippen molar-refractivity contribution in [3.05, 3.63) is 27.7 Å². The van der Waals surface area contributed by atoms with Crippen LogP contribution in [0.1, 0.15) is 17.2 Å². The van der Waals surface area contributed by atoms with Crippen molar-refractivity contribution in [2.75, 3.05) is 19.8 Å². The van der Waals surface area contributed by atoms with Crippen molar-refractivity contribution in [3.63, 3.8) is 0 Å². The molecule has 0 spiro atoms. The second-order valence-corrected chi connectivity index (χ2v) is 4.58. The van der Waals surface area contributed by atoms with Crippen LogP contribution in [-0.4, -0.2) is 24.9 Å². The maximum Gasteiger partial charge on any atom is 0.119 e. The van der Waals surface area contributed by atoms with Gasteiger partial charge >= 0.3 is 0 Å². The number of aromatic hydroxyl groups is 1. The van der Waals surface area contributed by atoms with Crippen molar-refractivity contribution in [2.45, 2.75) is 13.0 Å². The second-order valence-electron chi connectivity index (χ2n) is 3.73. The molecule has 82 valence electrons. The van der Waals surface area contributed by atoms with Gasteiger partial charge in [0.05, 0.1) is 19.3 Å². The number of phenols is 1. The first-order valence-electron chi connectivity index (χ1n) is 4.98. The first-order valence-corrected chi connectivity index (χ1v) is 5.78. The summed E-state index contributed by atoms with van der Waals surface area (Å²) in [6, 6.07) is 4.01. The quantitative estimate of drug-likeness (QED) is 0.822. The Labute approximate surface area is 97.6 Å². The van der Waals surface area contributed by atoms with E-state index in [1.54, 1.807) is 6.07 Å². The Kier molecular flexibility index (Phi) is 3.29. The number of morpholine rings is 1. The summed E-state index contributed by atoms with van der Waals surface area (Å²) in [7, 11) is 0. The lowest BCUT2D eigenvalue weighted by Gasteiger charge is -2.24. The number of nitrogens with one attached hydrogen (secondary N) is 1. The third-order valence-electron chi connectivity index (χ3n) is 2.66. The lowest BCUT2D eigenvalue weighted by Crippen LogP contribution is -2.34. The van der Waals surface area contributed by atoms with Gasteiger partial charge in [0.15, 0.2) is 0 Å². The SMILES string of the molecule is Cc1c(O)cc(C2COCCN2)cc1Br. The smallest absolute Gasteiger partial charge is 0.119 e. The van der Waals surface area contributed by atoms with E-state index >= 15 is 0 Å². The molecule has 0 amide bonds. The lowest BCUT2D eigenvalue weighted by molar-refractivity contribution is 0.0768. The van der Waals surface area contributed by atoms with Gasteiger partial charge in [-0.1, -0.05) is 15.9 Å². The highest BCUT2D eigenvalue weighted by molar-refractivity contribution is 9.10. The standard InChI is InChI=1S/C11H14BrNO2/c1-7-9(12)4-8(5-11(7)14)10-6-15-3-2-13-10/h4-5,10,13-14H,2-3,6H2,1H3. The molecule has 1 heterocycles. The van der Waals surface area contributed by atoms with Crippen LogP contribution in [0.3, 0.4) is 0 Å². The van der Waals surface area contributed by atoms with Crippen LogP contribution in [0.5, 0.6) is 5.75 Å². The van der Waals surface area contributed by atoms with Crippen LogP contribution < -0.4 is 5.32 Å². The highest BCUT2D eigenvalue weighted by Crippen LogP contribution is 2.30. The molecule has 1 aliphatic rings. The van der Waals surface area contributed by atoms with Crippen LogP contribution in [0.15, 0.2) is 16.6 Å². The molecule has 0 bridgehead atoms. The summed E-state index contributed by atoms with van der Waals surface area (Å²) in [4.78, 5) is 0. The number of benzene rings is 1. The third-order valence-corrected chi connectivity index (χ3v) is 3.49. The number of halogens is 1. The molecule has 0 saturated carbocycles.